The van der Waals surface area contributed by atoms with Gasteiger partial charge in [0, 0.05) is 14.1 Å². The van der Waals surface area contributed by atoms with Gasteiger partial charge < -0.3 is 10.0 Å². The zero-order valence-electron chi connectivity index (χ0n) is 6.17. The summed E-state index contributed by atoms with van der Waals surface area (Å²) in [5, 5.41) is 8.22. The summed E-state index contributed by atoms with van der Waals surface area (Å²) in [6.45, 7) is -0.584. The lowest BCUT2D eigenvalue weighted by Crippen LogP contribution is -2.25. The van der Waals surface area contributed by atoms with Gasteiger partial charge in [0.05, 0.1) is 13.0 Å². The average Bonchev–Trinajstić information content (AvgIpc) is 1.87. The smallest absolute Gasteiger partial charge is 0.225 e. The molecule has 0 saturated carbocycles. The number of alkyl halides is 1. The van der Waals surface area contributed by atoms with Crippen molar-refractivity contribution < 1.29 is 14.3 Å². The van der Waals surface area contributed by atoms with Crippen LogP contribution >= 0.6 is 0 Å². The van der Waals surface area contributed by atoms with Crippen LogP contribution in [0.4, 0.5) is 4.39 Å². The van der Waals surface area contributed by atoms with E-state index in [0.29, 0.717) is 0 Å². The number of aliphatic hydroxyl groups excluding tert-OH is 1. The molecule has 0 radical (unpaired) electrons. The van der Waals surface area contributed by atoms with E-state index in [1.165, 1.54) is 4.90 Å². The van der Waals surface area contributed by atoms with E-state index in [4.69, 9.17) is 5.11 Å². The second kappa shape index (κ2) is 4.22. The molecule has 0 aromatic heterocycles. The summed E-state index contributed by atoms with van der Waals surface area (Å²) in [4.78, 5) is 12.0. The molecule has 60 valence electrons. The molecule has 0 aromatic carbocycles. The van der Waals surface area contributed by atoms with E-state index in [2.05, 4.69) is 0 Å². The summed E-state index contributed by atoms with van der Waals surface area (Å²) >= 11 is 0. The average molecular weight is 149 g/mol. The quantitative estimate of drug-likeness (QED) is 0.603. The van der Waals surface area contributed by atoms with E-state index in [0.717, 1.165) is 0 Å². The van der Waals surface area contributed by atoms with Crippen LogP contribution in [0.5, 0.6) is 0 Å². The maximum atomic E-state index is 12.2. The molecule has 0 aliphatic rings. The van der Waals surface area contributed by atoms with Crippen molar-refractivity contribution in [3.05, 3.63) is 0 Å². The van der Waals surface area contributed by atoms with Gasteiger partial charge in [-0.25, -0.2) is 4.39 Å². The van der Waals surface area contributed by atoms with Gasteiger partial charge in [0.1, 0.15) is 6.17 Å². The molecule has 10 heavy (non-hydrogen) atoms. The van der Waals surface area contributed by atoms with Crippen LogP contribution in [-0.2, 0) is 4.79 Å². The van der Waals surface area contributed by atoms with Crippen LogP contribution in [0.1, 0.15) is 6.42 Å². The number of amides is 1. The Morgan fingerprint density at radius 3 is 2.50 bits per heavy atom. The Kier molecular flexibility index (Phi) is 3.95. The number of aliphatic hydroxyl groups is 1. The van der Waals surface area contributed by atoms with Crippen LogP contribution in [0.2, 0.25) is 0 Å². The number of hydrogen-bond acceptors (Lipinski definition) is 2. The molecule has 0 unspecified atom stereocenters. The van der Waals surface area contributed by atoms with Crippen LogP contribution in [0, 0.1) is 0 Å². The molecule has 4 heteroatoms. The third kappa shape index (κ3) is 3.40. The molecular weight excluding hydrogens is 137 g/mol. The van der Waals surface area contributed by atoms with E-state index in [1.54, 1.807) is 14.1 Å². The minimum atomic E-state index is -1.42. The number of rotatable bonds is 3. The summed E-state index contributed by atoms with van der Waals surface area (Å²) in [5.41, 5.74) is 0. The highest BCUT2D eigenvalue weighted by molar-refractivity contribution is 5.76. The first-order valence-electron chi connectivity index (χ1n) is 3.03. The van der Waals surface area contributed by atoms with Crippen molar-refractivity contribution in [1.29, 1.82) is 0 Å². The molecule has 0 saturated heterocycles. The fraction of sp³-hybridized carbons (Fsp3) is 0.833. The first kappa shape index (κ1) is 9.36. The van der Waals surface area contributed by atoms with Gasteiger partial charge >= 0.3 is 0 Å². The predicted octanol–water partition coefficient (Wildman–Crippen LogP) is -0.205. The van der Waals surface area contributed by atoms with Crippen LogP contribution in [0.25, 0.3) is 0 Å². The van der Waals surface area contributed by atoms with Crippen LogP contribution in [0.15, 0.2) is 0 Å². The summed E-state index contributed by atoms with van der Waals surface area (Å²) < 4.78 is 12.2. The van der Waals surface area contributed by atoms with Crippen molar-refractivity contribution >= 4 is 5.91 Å². The second-order valence-corrected chi connectivity index (χ2v) is 2.27. The maximum absolute atomic E-state index is 12.2. The number of carbonyl (C=O) groups excluding carboxylic acids is 1. The first-order valence-corrected chi connectivity index (χ1v) is 3.03. The van der Waals surface area contributed by atoms with Crippen molar-refractivity contribution in [1.82, 2.24) is 4.90 Å². The predicted molar refractivity (Wildman–Crippen MR) is 35.3 cm³/mol. The Bertz CT molecular complexity index is 116. The van der Waals surface area contributed by atoms with Gasteiger partial charge in [0.25, 0.3) is 0 Å². The third-order valence-electron chi connectivity index (χ3n) is 1.09. The SMILES string of the molecule is CN(C)C(=O)C[C@@H](F)CO. The molecule has 1 N–H and O–H groups in total. The maximum Gasteiger partial charge on any atom is 0.225 e. The zero-order valence-corrected chi connectivity index (χ0v) is 6.17. The fourth-order valence-electron chi connectivity index (χ4n) is 0.437. The Hall–Kier alpha value is -0.640. The van der Waals surface area contributed by atoms with Crippen molar-refractivity contribution in [2.45, 2.75) is 12.6 Å². The lowest BCUT2D eigenvalue weighted by atomic mass is 10.3. The molecule has 0 rings (SSSR count). The minimum absolute atomic E-state index is 0.233. The summed E-state index contributed by atoms with van der Waals surface area (Å²) in [6, 6.07) is 0. The van der Waals surface area contributed by atoms with Gasteiger partial charge in [-0.05, 0) is 0 Å². The second-order valence-electron chi connectivity index (χ2n) is 2.27. The molecule has 0 spiro atoms. The molecule has 0 aliphatic carbocycles. The summed E-state index contributed by atoms with van der Waals surface area (Å²) in [5.74, 6) is -0.304. The largest absolute Gasteiger partial charge is 0.393 e. The minimum Gasteiger partial charge on any atom is -0.393 e. The lowest BCUT2D eigenvalue weighted by Gasteiger charge is -2.10. The first-order chi connectivity index (χ1) is 4.57. The molecule has 0 heterocycles. The van der Waals surface area contributed by atoms with E-state index in [1.807, 2.05) is 0 Å². The van der Waals surface area contributed by atoms with E-state index in [-0.39, 0.29) is 12.3 Å². The molecule has 0 bridgehead atoms. The molecule has 3 nitrogen and oxygen atoms in total. The molecule has 1 amide bonds. The van der Waals surface area contributed by atoms with Crippen LogP contribution in [-0.4, -0.2) is 42.8 Å². The van der Waals surface area contributed by atoms with Crippen molar-refractivity contribution in [3.8, 4) is 0 Å². The Morgan fingerprint density at radius 1 is 1.70 bits per heavy atom. The highest BCUT2D eigenvalue weighted by atomic mass is 19.1. The van der Waals surface area contributed by atoms with Gasteiger partial charge in [-0.15, -0.1) is 0 Å². The Labute approximate surface area is 59.4 Å². The molecule has 0 aliphatic heterocycles. The monoisotopic (exact) mass is 149 g/mol. The number of hydrogen-bond donors (Lipinski definition) is 1. The Balaban J connectivity index is 3.57. The van der Waals surface area contributed by atoms with Gasteiger partial charge in [0.15, 0.2) is 0 Å². The topological polar surface area (TPSA) is 40.5 Å². The highest BCUT2D eigenvalue weighted by Gasteiger charge is 2.11. The van der Waals surface area contributed by atoms with Crippen LogP contribution in [0.3, 0.4) is 0 Å². The highest BCUT2D eigenvalue weighted by Crippen LogP contribution is 1.98. The van der Waals surface area contributed by atoms with Crippen molar-refractivity contribution in [2.24, 2.45) is 0 Å². The van der Waals surface area contributed by atoms with Gasteiger partial charge in [-0.1, -0.05) is 0 Å². The van der Waals surface area contributed by atoms with Crippen molar-refractivity contribution in [3.63, 3.8) is 0 Å². The fourth-order valence-corrected chi connectivity index (χ4v) is 0.437. The Morgan fingerprint density at radius 2 is 2.20 bits per heavy atom. The van der Waals surface area contributed by atoms with E-state index in [9.17, 15) is 9.18 Å². The van der Waals surface area contributed by atoms with E-state index >= 15 is 0 Å². The number of carbonyl (C=O) groups is 1. The molecular formula is C6H12FNO2. The lowest BCUT2D eigenvalue weighted by molar-refractivity contribution is -0.130. The van der Waals surface area contributed by atoms with Gasteiger partial charge in [-0.3, -0.25) is 4.79 Å². The molecule has 1 atom stereocenters. The van der Waals surface area contributed by atoms with Gasteiger partial charge in [-0.2, -0.15) is 0 Å². The summed E-state index contributed by atoms with van der Waals surface area (Å²) in [6.07, 6.45) is -1.65. The van der Waals surface area contributed by atoms with Crippen molar-refractivity contribution in [2.75, 3.05) is 20.7 Å². The molecule has 0 aromatic rings. The number of nitrogens with zero attached hydrogens (tertiary/aromatic N) is 1. The van der Waals surface area contributed by atoms with Crippen LogP contribution < -0.4 is 0 Å². The zero-order chi connectivity index (χ0) is 8.15. The standard InChI is InChI=1S/C6H12FNO2/c1-8(2)6(10)3-5(7)4-9/h5,9H,3-4H2,1-2H3/t5-/m1/s1. The molecule has 0 fully saturated rings. The number of halogens is 1. The summed E-state index contributed by atoms with van der Waals surface area (Å²) in [7, 11) is 3.10. The normalized spacial score (nSPS) is 12.8. The van der Waals surface area contributed by atoms with Gasteiger partial charge in [0.2, 0.25) is 5.91 Å². The third-order valence-corrected chi connectivity index (χ3v) is 1.09. The van der Waals surface area contributed by atoms with E-state index < -0.39 is 12.8 Å².